The van der Waals surface area contributed by atoms with Crippen molar-refractivity contribution in [3.63, 3.8) is 0 Å². The molecule has 1 aliphatic rings. The zero-order valence-corrected chi connectivity index (χ0v) is 10.9. The van der Waals surface area contributed by atoms with Crippen molar-refractivity contribution in [2.45, 2.75) is 19.3 Å². The first-order valence-corrected chi connectivity index (χ1v) is 6.71. The van der Waals surface area contributed by atoms with Gasteiger partial charge in [-0.05, 0) is 37.5 Å². The number of aromatic amines is 2. The van der Waals surface area contributed by atoms with Gasteiger partial charge in [0.15, 0.2) is 0 Å². The second-order valence-electron chi connectivity index (χ2n) is 5.02. The molecule has 6 nitrogen and oxygen atoms in total. The molecular weight excluding hydrogens is 258 g/mol. The fraction of sp³-hybridized carbons (Fsp3) is 0.357. The zero-order valence-electron chi connectivity index (χ0n) is 10.9. The third-order valence-corrected chi connectivity index (χ3v) is 3.61. The lowest BCUT2D eigenvalue weighted by molar-refractivity contribution is 0.0724. The van der Waals surface area contributed by atoms with Crippen molar-refractivity contribution in [3.8, 4) is 0 Å². The van der Waals surface area contributed by atoms with Gasteiger partial charge in [0.25, 0.3) is 5.91 Å². The quantitative estimate of drug-likeness (QED) is 0.755. The highest BCUT2D eigenvalue weighted by Gasteiger charge is 2.18. The van der Waals surface area contributed by atoms with Crippen LogP contribution in [0.25, 0.3) is 11.0 Å². The maximum absolute atomic E-state index is 12.4. The normalized spacial score (nSPS) is 15.5. The lowest BCUT2D eigenvalue weighted by Crippen LogP contribution is -2.35. The summed E-state index contributed by atoms with van der Waals surface area (Å²) in [6, 6.07) is 4.93. The molecule has 0 atom stereocenters. The average Bonchev–Trinajstić information content (AvgIpc) is 2.48. The topological polar surface area (TPSA) is 86.0 Å². The molecule has 104 valence electrons. The minimum atomic E-state index is -0.708. The molecule has 6 heteroatoms. The number of hydrogen-bond donors (Lipinski definition) is 2. The van der Waals surface area contributed by atoms with Crippen molar-refractivity contribution in [3.05, 3.63) is 44.5 Å². The Morgan fingerprint density at radius 1 is 0.950 bits per heavy atom. The Bertz CT molecular complexity index is 769. The van der Waals surface area contributed by atoms with Crippen LogP contribution in [0, 0.1) is 0 Å². The number of carbonyl (C=O) groups is 1. The molecule has 1 aromatic heterocycles. The van der Waals surface area contributed by atoms with E-state index in [4.69, 9.17) is 0 Å². The molecular formula is C14H15N3O3. The molecule has 20 heavy (non-hydrogen) atoms. The molecule has 0 unspecified atom stereocenters. The Hall–Kier alpha value is -2.37. The third kappa shape index (κ3) is 2.24. The highest BCUT2D eigenvalue weighted by atomic mass is 16.2. The summed E-state index contributed by atoms with van der Waals surface area (Å²) in [6.45, 7) is 1.55. The molecule has 0 spiro atoms. The van der Waals surface area contributed by atoms with E-state index in [0.29, 0.717) is 16.6 Å². The highest BCUT2D eigenvalue weighted by Crippen LogP contribution is 2.15. The number of nitrogens with zero attached hydrogens (tertiary/aromatic N) is 1. The SMILES string of the molecule is O=C(c1ccc2[nH]c(=O)c(=O)[nH]c2c1)N1CCCCC1. The van der Waals surface area contributed by atoms with E-state index in [1.807, 2.05) is 4.90 Å². The van der Waals surface area contributed by atoms with Gasteiger partial charge in [-0.25, -0.2) is 0 Å². The number of likely N-dealkylation sites (tertiary alicyclic amines) is 1. The molecule has 0 saturated carbocycles. The Kier molecular flexibility index (Phi) is 3.14. The standard InChI is InChI=1S/C14H15N3O3/c18-12-13(19)16-11-8-9(4-5-10(11)15-12)14(20)17-6-2-1-3-7-17/h4-5,8H,1-3,6-7H2,(H,15,18)(H,16,19). The Labute approximate surface area is 114 Å². The molecule has 1 aromatic carbocycles. The van der Waals surface area contributed by atoms with Crippen LogP contribution in [0.3, 0.4) is 0 Å². The first-order valence-electron chi connectivity index (χ1n) is 6.71. The third-order valence-electron chi connectivity index (χ3n) is 3.61. The molecule has 1 aliphatic heterocycles. The monoisotopic (exact) mass is 273 g/mol. The molecule has 1 fully saturated rings. The van der Waals surface area contributed by atoms with Crippen LogP contribution in [-0.2, 0) is 0 Å². The minimum Gasteiger partial charge on any atom is -0.339 e. The van der Waals surface area contributed by atoms with Crippen LogP contribution in [0.5, 0.6) is 0 Å². The maximum Gasteiger partial charge on any atom is 0.314 e. The highest BCUT2D eigenvalue weighted by molar-refractivity contribution is 5.97. The van der Waals surface area contributed by atoms with Gasteiger partial charge in [0.05, 0.1) is 11.0 Å². The van der Waals surface area contributed by atoms with Crippen molar-refractivity contribution in [2.75, 3.05) is 13.1 Å². The lowest BCUT2D eigenvalue weighted by atomic mass is 10.1. The van der Waals surface area contributed by atoms with Gasteiger partial charge in [0, 0.05) is 18.7 Å². The number of aromatic nitrogens is 2. The first kappa shape index (κ1) is 12.7. The summed E-state index contributed by atoms with van der Waals surface area (Å²) in [7, 11) is 0. The average molecular weight is 273 g/mol. The predicted octanol–water partition coefficient (Wildman–Crippen LogP) is 0.842. The smallest absolute Gasteiger partial charge is 0.314 e. The molecule has 2 heterocycles. The Balaban J connectivity index is 1.99. The van der Waals surface area contributed by atoms with Gasteiger partial charge in [-0.3, -0.25) is 14.4 Å². The molecule has 2 N–H and O–H groups in total. The molecule has 0 aliphatic carbocycles. The summed E-state index contributed by atoms with van der Waals surface area (Å²) in [5.41, 5.74) is 0.122. The largest absolute Gasteiger partial charge is 0.339 e. The number of nitrogens with one attached hydrogen (secondary N) is 2. The number of amides is 1. The van der Waals surface area contributed by atoms with Crippen molar-refractivity contribution in [1.29, 1.82) is 0 Å². The molecule has 3 rings (SSSR count). The number of rotatable bonds is 1. The number of fused-ring (bicyclic) bond motifs is 1. The van der Waals surface area contributed by atoms with Gasteiger partial charge in [0.2, 0.25) is 0 Å². The number of hydrogen-bond acceptors (Lipinski definition) is 3. The van der Waals surface area contributed by atoms with Gasteiger partial charge in [-0.2, -0.15) is 0 Å². The van der Waals surface area contributed by atoms with E-state index in [1.54, 1.807) is 18.2 Å². The molecule has 2 aromatic rings. The van der Waals surface area contributed by atoms with Gasteiger partial charge >= 0.3 is 11.1 Å². The summed E-state index contributed by atoms with van der Waals surface area (Å²) in [4.78, 5) is 41.7. The van der Waals surface area contributed by atoms with E-state index in [1.165, 1.54) is 0 Å². The van der Waals surface area contributed by atoms with E-state index in [-0.39, 0.29) is 5.91 Å². The fourth-order valence-corrected chi connectivity index (χ4v) is 2.53. The summed E-state index contributed by atoms with van der Waals surface area (Å²) in [6.07, 6.45) is 3.23. The number of benzene rings is 1. The van der Waals surface area contributed by atoms with Crippen LogP contribution in [-0.4, -0.2) is 33.9 Å². The van der Waals surface area contributed by atoms with E-state index in [0.717, 1.165) is 32.4 Å². The second kappa shape index (κ2) is 4.96. The fourth-order valence-electron chi connectivity index (χ4n) is 2.53. The van der Waals surface area contributed by atoms with E-state index in [9.17, 15) is 14.4 Å². The van der Waals surface area contributed by atoms with Crippen molar-refractivity contribution < 1.29 is 4.79 Å². The molecule has 0 bridgehead atoms. The Morgan fingerprint density at radius 3 is 2.30 bits per heavy atom. The number of piperidine rings is 1. The van der Waals surface area contributed by atoms with Crippen molar-refractivity contribution >= 4 is 16.9 Å². The second-order valence-corrected chi connectivity index (χ2v) is 5.02. The summed E-state index contributed by atoms with van der Waals surface area (Å²) >= 11 is 0. The summed E-state index contributed by atoms with van der Waals surface area (Å²) in [5.74, 6) is -0.0290. The molecule has 0 radical (unpaired) electrons. The van der Waals surface area contributed by atoms with E-state index >= 15 is 0 Å². The van der Waals surface area contributed by atoms with Crippen LogP contribution < -0.4 is 11.1 Å². The van der Waals surface area contributed by atoms with Crippen LogP contribution in [0.15, 0.2) is 27.8 Å². The molecule has 1 saturated heterocycles. The van der Waals surface area contributed by atoms with Crippen molar-refractivity contribution in [1.82, 2.24) is 14.9 Å². The van der Waals surface area contributed by atoms with Crippen LogP contribution in [0.4, 0.5) is 0 Å². The predicted molar refractivity (Wildman–Crippen MR) is 74.9 cm³/mol. The van der Waals surface area contributed by atoms with E-state index in [2.05, 4.69) is 9.97 Å². The zero-order chi connectivity index (χ0) is 14.1. The van der Waals surface area contributed by atoms with Crippen molar-refractivity contribution in [2.24, 2.45) is 0 Å². The maximum atomic E-state index is 12.4. The van der Waals surface area contributed by atoms with Crippen LogP contribution in [0.2, 0.25) is 0 Å². The van der Waals surface area contributed by atoms with Gasteiger partial charge in [-0.15, -0.1) is 0 Å². The van der Waals surface area contributed by atoms with Crippen LogP contribution >= 0.6 is 0 Å². The Morgan fingerprint density at radius 2 is 1.60 bits per heavy atom. The summed E-state index contributed by atoms with van der Waals surface area (Å²) < 4.78 is 0. The van der Waals surface area contributed by atoms with E-state index < -0.39 is 11.1 Å². The van der Waals surface area contributed by atoms with Gasteiger partial charge < -0.3 is 14.9 Å². The lowest BCUT2D eigenvalue weighted by Gasteiger charge is -2.26. The minimum absolute atomic E-state index is 0.0290. The van der Waals surface area contributed by atoms with Crippen LogP contribution in [0.1, 0.15) is 29.6 Å². The van der Waals surface area contributed by atoms with Gasteiger partial charge in [-0.1, -0.05) is 0 Å². The number of carbonyl (C=O) groups excluding carboxylic acids is 1. The summed E-state index contributed by atoms with van der Waals surface area (Å²) in [5, 5.41) is 0. The molecule has 1 amide bonds. The first-order chi connectivity index (χ1) is 9.65. The number of H-pyrrole nitrogens is 2. The van der Waals surface area contributed by atoms with Gasteiger partial charge in [0.1, 0.15) is 0 Å².